The van der Waals surface area contributed by atoms with Crippen molar-refractivity contribution in [1.82, 2.24) is 10.5 Å². The minimum Gasteiger partial charge on any atom is -0.361 e. The number of nitro groups is 1. The summed E-state index contributed by atoms with van der Waals surface area (Å²) in [7, 11) is 0. The standard InChI is InChI=1S/C16H20N4O4/c1-9-7-13(20(22)23)5-6-15(9)18-16(21)17-10(2)8-14-11(3)19-24-12(14)4/h5-7,10H,8H2,1-4H3,(H2,17,18,21)/t10-/m0/s1. The molecule has 0 spiro atoms. The van der Waals surface area contributed by atoms with E-state index in [2.05, 4.69) is 15.8 Å². The summed E-state index contributed by atoms with van der Waals surface area (Å²) in [5.74, 6) is 0.743. The second-order valence-electron chi connectivity index (χ2n) is 5.76. The monoisotopic (exact) mass is 332 g/mol. The number of anilines is 1. The van der Waals surface area contributed by atoms with Gasteiger partial charge in [0.1, 0.15) is 5.76 Å². The summed E-state index contributed by atoms with van der Waals surface area (Å²) >= 11 is 0. The Balaban J connectivity index is 1.97. The lowest BCUT2D eigenvalue weighted by Crippen LogP contribution is -2.37. The number of hydrogen-bond donors (Lipinski definition) is 2. The third-order valence-corrected chi connectivity index (χ3v) is 3.74. The molecule has 0 aliphatic carbocycles. The largest absolute Gasteiger partial charge is 0.361 e. The summed E-state index contributed by atoms with van der Waals surface area (Å²) in [5.41, 5.74) is 2.94. The Morgan fingerprint density at radius 2 is 2.08 bits per heavy atom. The van der Waals surface area contributed by atoms with Gasteiger partial charge in [-0.2, -0.15) is 0 Å². The van der Waals surface area contributed by atoms with Crippen LogP contribution in [0, 0.1) is 30.9 Å². The zero-order valence-corrected chi connectivity index (χ0v) is 14.0. The van der Waals surface area contributed by atoms with Crippen molar-refractivity contribution in [2.45, 2.75) is 40.2 Å². The minimum atomic E-state index is -0.470. The Morgan fingerprint density at radius 1 is 1.38 bits per heavy atom. The van der Waals surface area contributed by atoms with Gasteiger partial charge in [-0.1, -0.05) is 5.16 Å². The molecular formula is C16H20N4O4. The van der Waals surface area contributed by atoms with Crippen LogP contribution in [-0.4, -0.2) is 22.2 Å². The zero-order valence-electron chi connectivity index (χ0n) is 14.0. The average molecular weight is 332 g/mol. The van der Waals surface area contributed by atoms with Gasteiger partial charge in [0, 0.05) is 29.4 Å². The highest BCUT2D eigenvalue weighted by Crippen LogP contribution is 2.21. The SMILES string of the molecule is Cc1cc([N+](=O)[O-])ccc1NC(=O)N[C@@H](C)Cc1c(C)noc1C. The lowest BCUT2D eigenvalue weighted by Gasteiger charge is -2.15. The van der Waals surface area contributed by atoms with E-state index in [-0.39, 0.29) is 17.8 Å². The molecule has 0 aliphatic heterocycles. The molecule has 1 atom stereocenters. The molecule has 1 heterocycles. The van der Waals surface area contributed by atoms with E-state index in [1.54, 1.807) is 6.92 Å². The van der Waals surface area contributed by atoms with Gasteiger partial charge in [0.2, 0.25) is 0 Å². The van der Waals surface area contributed by atoms with Crippen molar-refractivity contribution in [3.05, 3.63) is 50.9 Å². The summed E-state index contributed by atoms with van der Waals surface area (Å²) in [5, 5.41) is 20.2. The lowest BCUT2D eigenvalue weighted by molar-refractivity contribution is -0.384. The molecule has 2 aromatic rings. The molecule has 24 heavy (non-hydrogen) atoms. The van der Waals surface area contributed by atoms with Crippen LogP contribution in [0.5, 0.6) is 0 Å². The molecule has 8 nitrogen and oxygen atoms in total. The van der Waals surface area contributed by atoms with Crippen LogP contribution in [0.25, 0.3) is 0 Å². The van der Waals surface area contributed by atoms with Gasteiger partial charge in [-0.3, -0.25) is 10.1 Å². The fourth-order valence-corrected chi connectivity index (χ4v) is 2.43. The second-order valence-corrected chi connectivity index (χ2v) is 5.76. The molecule has 0 bridgehead atoms. The van der Waals surface area contributed by atoms with Gasteiger partial charge in [-0.25, -0.2) is 4.79 Å². The number of nitro benzene ring substituents is 1. The van der Waals surface area contributed by atoms with E-state index >= 15 is 0 Å². The highest BCUT2D eigenvalue weighted by molar-refractivity contribution is 5.90. The quantitative estimate of drug-likeness (QED) is 0.645. The number of carbonyl (C=O) groups is 1. The van der Waals surface area contributed by atoms with Crippen LogP contribution in [-0.2, 0) is 6.42 Å². The first-order chi connectivity index (χ1) is 11.3. The number of hydrogen-bond acceptors (Lipinski definition) is 5. The van der Waals surface area contributed by atoms with Gasteiger partial charge in [0.15, 0.2) is 0 Å². The van der Waals surface area contributed by atoms with Crippen molar-refractivity contribution in [2.75, 3.05) is 5.32 Å². The van der Waals surface area contributed by atoms with E-state index in [0.29, 0.717) is 17.7 Å². The van der Waals surface area contributed by atoms with Crippen molar-refractivity contribution >= 4 is 17.4 Å². The third kappa shape index (κ3) is 4.09. The number of amides is 2. The molecule has 0 saturated heterocycles. The van der Waals surface area contributed by atoms with E-state index in [9.17, 15) is 14.9 Å². The van der Waals surface area contributed by atoms with Crippen LogP contribution < -0.4 is 10.6 Å². The molecule has 8 heteroatoms. The Bertz CT molecular complexity index is 750. The molecule has 0 aliphatic rings. The Labute approximate surface area is 139 Å². The molecular weight excluding hydrogens is 312 g/mol. The molecule has 0 saturated carbocycles. The smallest absolute Gasteiger partial charge is 0.319 e. The van der Waals surface area contributed by atoms with Crippen molar-refractivity contribution in [2.24, 2.45) is 0 Å². The number of nitrogens with one attached hydrogen (secondary N) is 2. The van der Waals surface area contributed by atoms with E-state index in [1.165, 1.54) is 18.2 Å². The number of rotatable bonds is 5. The maximum Gasteiger partial charge on any atom is 0.319 e. The topological polar surface area (TPSA) is 110 Å². The fourth-order valence-electron chi connectivity index (χ4n) is 2.43. The fraction of sp³-hybridized carbons (Fsp3) is 0.375. The summed E-state index contributed by atoms with van der Waals surface area (Å²) in [6.07, 6.45) is 0.605. The van der Waals surface area contributed by atoms with E-state index in [1.807, 2.05) is 20.8 Å². The first kappa shape index (κ1) is 17.5. The van der Waals surface area contributed by atoms with Gasteiger partial charge < -0.3 is 15.2 Å². The zero-order chi connectivity index (χ0) is 17.9. The van der Waals surface area contributed by atoms with Gasteiger partial charge in [0.05, 0.1) is 10.6 Å². The molecule has 2 rings (SSSR count). The summed E-state index contributed by atoms with van der Waals surface area (Å²) < 4.78 is 5.11. The summed E-state index contributed by atoms with van der Waals surface area (Å²) in [6, 6.07) is 3.80. The maximum atomic E-state index is 12.1. The number of aromatic nitrogens is 1. The molecule has 2 amide bonds. The summed E-state index contributed by atoms with van der Waals surface area (Å²) in [4.78, 5) is 22.4. The number of urea groups is 1. The van der Waals surface area contributed by atoms with E-state index in [0.717, 1.165) is 17.0 Å². The normalized spacial score (nSPS) is 11.8. The molecule has 0 unspecified atom stereocenters. The average Bonchev–Trinajstić information content (AvgIpc) is 2.80. The van der Waals surface area contributed by atoms with Gasteiger partial charge in [-0.05, 0) is 45.7 Å². The van der Waals surface area contributed by atoms with E-state index < -0.39 is 4.92 Å². The maximum absolute atomic E-state index is 12.1. The van der Waals surface area contributed by atoms with Gasteiger partial charge >= 0.3 is 6.03 Å². The van der Waals surface area contributed by atoms with Crippen LogP contribution in [0.15, 0.2) is 22.7 Å². The van der Waals surface area contributed by atoms with Crippen LogP contribution >= 0.6 is 0 Å². The van der Waals surface area contributed by atoms with Crippen molar-refractivity contribution in [3.63, 3.8) is 0 Å². The molecule has 128 valence electrons. The number of benzene rings is 1. The number of carbonyl (C=O) groups excluding carboxylic acids is 1. The first-order valence-electron chi connectivity index (χ1n) is 7.52. The Kier molecular flexibility index (Phi) is 5.18. The number of non-ortho nitro benzene ring substituents is 1. The highest BCUT2D eigenvalue weighted by Gasteiger charge is 2.15. The third-order valence-electron chi connectivity index (χ3n) is 3.74. The van der Waals surface area contributed by atoms with Crippen molar-refractivity contribution in [1.29, 1.82) is 0 Å². The van der Waals surface area contributed by atoms with Crippen LogP contribution in [0.1, 0.15) is 29.5 Å². The van der Waals surface area contributed by atoms with Gasteiger partial charge in [0.25, 0.3) is 5.69 Å². The van der Waals surface area contributed by atoms with Crippen LogP contribution in [0.3, 0.4) is 0 Å². The molecule has 0 radical (unpaired) electrons. The molecule has 0 fully saturated rings. The molecule has 1 aromatic carbocycles. The minimum absolute atomic E-state index is 0.00904. The lowest BCUT2D eigenvalue weighted by atomic mass is 10.1. The van der Waals surface area contributed by atoms with Crippen LogP contribution in [0.4, 0.5) is 16.2 Å². The Hall–Kier alpha value is -2.90. The highest BCUT2D eigenvalue weighted by atomic mass is 16.6. The van der Waals surface area contributed by atoms with Gasteiger partial charge in [-0.15, -0.1) is 0 Å². The van der Waals surface area contributed by atoms with Crippen molar-refractivity contribution in [3.8, 4) is 0 Å². The number of aryl methyl sites for hydroxylation is 3. The second kappa shape index (κ2) is 7.12. The number of nitrogens with zero attached hydrogens (tertiary/aromatic N) is 2. The molecule has 2 N–H and O–H groups in total. The predicted octanol–water partition coefficient (Wildman–Crippen LogP) is 3.26. The summed E-state index contributed by atoms with van der Waals surface area (Å²) in [6.45, 7) is 7.28. The Morgan fingerprint density at radius 3 is 2.62 bits per heavy atom. The van der Waals surface area contributed by atoms with E-state index in [4.69, 9.17) is 4.52 Å². The first-order valence-corrected chi connectivity index (χ1v) is 7.52. The predicted molar refractivity (Wildman–Crippen MR) is 89.1 cm³/mol. The van der Waals surface area contributed by atoms with Crippen LogP contribution in [0.2, 0.25) is 0 Å². The van der Waals surface area contributed by atoms with Crippen molar-refractivity contribution < 1.29 is 14.2 Å². The molecule has 1 aromatic heterocycles.